The standard InChI is InChI=1S/C10H16N4O3/c1-3-7(9(15)16)14(2)10(17)13-6-8-11-4-5-12-8/h4-5,7H,3,6H2,1-2H3,(H,11,12)(H,13,17)(H,15,16). The number of H-pyrrole nitrogens is 1. The first-order chi connectivity index (χ1) is 8.06. The predicted octanol–water partition coefficient (Wildman–Crippen LogP) is 0.414. The predicted molar refractivity (Wildman–Crippen MR) is 60.3 cm³/mol. The molecule has 0 spiro atoms. The first-order valence-electron chi connectivity index (χ1n) is 5.28. The van der Waals surface area contributed by atoms with Gasteiger partial charge >= 0.3 is 12.0 Å². The van der Waals surface area contributed by atoms with Gasteiger partial charge in [-0.2, -0.15) is 0 Å². The zero-order chi connectivity index (χ0) is 12.8. The van der Waals surface area contributed by atoms with E-state index >= 15 is 0 Å². The summed E-state index contributed by atoms with van der Waals surface area (Å²) in [5.41, 5.74) is 0. The lowest BCUT2D eigenvalue weighted by Gasteiger charge is -2.23. The van der Waals surface area contributed by atoms with Crippen molar-refractivity contribution in [1.29, 1.82) is 0 Å². The Balaban J connectivity index is 2.49. The fraction of sp³-hybridized carbons (Fsp3) is 0.500. The van der Waals surface area contributed by atoms with Crippen LogP contribution in [0.1, 0.15) is 19.2 Å². The lowest BCUT2D eigenvalue weighted by Crippen LogP contribution is -2.46. The summed E-state index contributed by atoms with van der Waals surface area (Å²) in [4.78, 5) is 30.5. The number of nitrogens with zero attached hydrogens (tertiary/aromatic N) is 2. The zero-order valence-electron chi connectivity index (χ0n) is 9.80. The number of likely N-dealkylation sites (N-methyl/N-ethyl adjacent to an activating group) is 1. The minimum atomic E-state index is -1.01. The van der Waals surface area contributed by atoms with Gasteiger partial charge in [0.2, 0.25) is 0 Å². The van der Waals surface area contributed by atoms with E-state index in [4.69, 9.17) is 5.11 Å². The Morgan fingerprint density at radius 2 is 2.35 bits per heavy atom. The van der Waals surface area contributed by atoms with Crippen molar-refractivity contribution >= 4 is 12.0 Å². The summed E-state index contributed by atoms with van der Waals surface area (Å²) in [6.45, 7) is 1.96. The van der Waals surface area contributed by atoms with E-state index in [1.165, 1.54) is 11.9 Å². The van der Waals surface area contributed by atoms with E-state index in [2.05, 4.69) is 15.3 Å². The SMILES string of the molecule is CCC(C(=O)O)N(C)C(=O)NCc1ncc[nH]1. The number of amides is 2. The summed E-state index contributed by atoms with van der Waals surface area (Å²) in [6.07, 6.45) is 3.59. The van der Waals surface area contributed by atoms with Crippen molar-refractivity contribution in [2.45, 2.75) is 25.9 Å². The van der Waals surface area contributed by atoms with Gasteiger partial charge in [0.05, 0.1) is 6.54 Å². The fourth-order valence-corrected chi connectivity index (χ4v) is 1.43. The molecule has 1 aromatic rings. The minimum absolute atomic E-state index is 0.242. The van der Waals surface area contributed by atoms with Gasteiger partial charge in [0.1, 0.15) is 11.9 Å². The molecule has 17 heavy (non-hydrogen) atoms. The van der Waals surface area contributed by atoms with Crippen LogP contribution in [-0.4, -0.2) is 45.1 Å². The average molecular weight is 240 g/mol. The highest BCUT2D eigenvalue weighted by Crippen LogP contribution is 2.02. The van der Waals surface area contributed by atoms with Gasteiger partial charge in [0.25, 0.3) is 0 Å². The zero-order valence-corrected chi connectivity index (χ0v) is 9.80. The Morgan fingerprint density at radius 3 is 2.82 bits per heavy atom. The second-order valence-corrected chi connectivity index (χ2v) is 3.57. The van der Waals surface area contributed by atoms with Crippen molar-refractivity contribution in [3.8, 4) is 0 Å². The molecule has 1 atom stereocenters. The van der Waals surface area contributed by atoms with Gasteiger partial charge in [-0.1, -0.05) is 6.92 Å². The summed E-state index contributed by atoms with van der Waals surface area (Å²) >= 11 is 0. The largest absolute Gasteiger partial charge is 0.480 e. The molecule has 1 unspecified atom stereocenters. The molecule has 1 heterocycles. The molecule has 94 valence electrons. The van der Waals surface area contributed by atoms with Crippen molar-refractivity contribution in [3.63, 3.8) is 0 Å². The molecule has 1 aromatic heterocycles. The quantitative estimate of drug-likeness (QED) is 0.694. The normalized spacial score (nSPS) is 11.9. The molecule has 7 nitrogen and oxygen atoms in total. The second-order valence-electron chi connectivity index (χ2n) is 3.57. The van der Waals surface area contributed by atoms with E-state index in [9.17, 15) is 9.59 Å². The molecule has 0 fully saturated rings. The number of carbonyl (C=O) groups is 2. The third kappa shape index (κ3) is 3.47. The summed E-state index contributed by atoms with van der Waals surface area (Å²) in [7, 11) is 1.46. The number of urea groups is 1. The molecule has 0 bridgehead atoms. The van der Waals surface area contributed by atoms with Crippen molar-refractivity contribution in [2.24, 2.45) is 0 Å². The number of hydrogen-bond acceptors (Lipinski definition) is 3. The number of carbonyl (C=O) groups excluding carboxylic acids is 1. The Morgan fingerprint density at radius 1 is 1.65 bits per heavy atom. The molecule has 0 aromatic carbocycles. The van der Waals surface area contributed by atoms with E-state index in [1.807, 2.05) is 0 Å². The van der Waals surface area contributed by atoms with Crippen LogP contribution < -0.4 is 5.32 Å². The number of aliphatic carboxylic acids is 1. The highest BCUT2D eigenvalue weighted by atomic mass is 16.4. The fourth-order valence-electron chi connectivity index (χ4n) is 1.43. The van der Waals surface area contributed by atoms with Gasteiger partial charge in [0.15, 0.2) is 0 Å². The Kier molecular flexibility index (Phi) is 4.50. The van der Waals surface area contributed by atoms with Crippen LogP contribution in [0.25, 0.3) is 0 Å². The molecule has 7 heteroatoms. The van der Waals surface area contributed by atoms with Gasteiger partial charge in [0, 0.05) is 19.4 Å². The van der Waals surface area contributed by atoms with Crippen LogP contribution in [-0.2, 0) is 11.3 Å². The number of imidazole rings is 1. The third-order valence-corrected chi connectivity index (χ3v) is 2.42. The number of carboxylic acid groups (broad SMARTS) is 1. The van der Waals surface area contributed by atoms with E-state index in [0.29, 0.717) is 12.2 Å². The highest BCUT2D eigenvalue weighted by molar-refractivity contribution is 5.82. The lowest BCUT2D eigenvalue weighted by molar-refractivity contribution is -0.141. The maximum Gasteiger partial charge on any atom is 0.326 e. The van der Waals surface area contributed by atoms with Crippen LogP contribution in [0, 0.1) is 0 Å². The molecule has 0 radical (unpaired) electrons. The lowest BCUT2D eigenvalue weighted by atomic mass is 10.2. The monoisotopic (exact) mass is 240 g/mol. The molecular weight excluding hydrogens is 224 g/mol. The van der Waals surface area contributed by atoms with Crippen LogP contribution >= 0.6 is 0 Å². The van der Waals surface area contributed by atoms with Crippen molar-refractivity contribution in [2.75, 3.05) is 7.05 Å². The second kappa shape index (κ2) is 5.88. The van der Waals surface area contributed by atoms with Gasteiger partial charge in [-0.15, -0.1) is 0 Å². The van der Waals surface area contributed by atoms with Crippen LogP contribution in [0.5, 0.6) is 0 Å². The molecule has 0 aliphatic carbocycles. The smallest absolute Gasteiger partial charge is 0.326 e. The molecule has 0 saturated carbocycles. The van der Waals surface area contributed by atoms with Crippen molar-refractivity contribution in [3.05, 3.63) is 18.2 Å². The highest BCUT2D eigenvalue weighted by Gasteiger charge is 2.24. The van der Waals surface area contributed by atoms with Crippen LogP contribution in [0.4, 0.5) is 4.79 Å². The number of aromatic amines is 1. The molecule has 1 rings (SSSR count). The molecule has 0 saturated heterocycles. The summed E-state index contributed by atoms with van der Waals surface area (Å²) in [5, 5.41) is 11.5. The molecule has 0 aliphatic heterocycles. The minimum Gasteiger partial charge on any atom is -0.480 e. The maximum atomic E-state index is 11.7. The van der Waals surface area contributed by atoms with Crippen LogP contribution in [0.2, 0.25) is 0 Å². The number of aromatic nitrogens is 2. The summed E-state index contributed by atoms with van der Waals surface area (Å²) < 4.78 is 0. The van der Waals surface area contributed by atoms with E-state index in [0.717, 1.165) is 0 Å². The van der Waals surface area contributed by atoms with E-state index in [-0.39, 0.29) is 6.54 Å². The molecule has 3 N–H and O–H groups in total. The number of carboxylic acids is 1. The Hall–Kier alpha value is -2.05. The first kappa shape index (κ1) is 13.0. The molecule has 2 amide bonds. The van der Waals surface area contributed by atoms with Gasteiger partial charge in [-0.25, -0.2) is 14.6 Å². The number of nitrogens with one attached hydrogen (secondary N) is 2. The molecule has 0 aliphatic rings. The topological polar surface area (TPSA) is 98.3 Å². The Bertz CT molecular complexity index is 377. The van der Waals surface area contributed by atoms with E-state index < -0.39 is 18.0 Å². The van der Waals surface area contributed by atoms with Crippen molar-refractivity contribution in [1.82, 2.24) is 20.2 Å². The van der Waals surface area contributed by atoms with E-state index in [1.54, 1.807) is 19.3 Å². The summed E-state index contributed by atoms with van der Waals surface area (Å²) in [5.74, 6) is -0.390. The maximum absolute atomic E-state index is 11.7. The van der Waals surface area contributed by atoms with Crippen LogP contribution in [0.3, 0.4) is 0 Å². The first-order valence-corrected chi connectivity index (χ1v) is 5.28. The third-order valence-electron chi connectivity index (χ3n) is 2.42. The summed E-state index contributed by atoms with van der Waals surface area (Å²) in [6, 6.07) is -1.25. The van der Waals surface area contributed by atoms with Crippen molar-refractivity contribution < 1.29 is 14.7 Å². The molecular formula is C10H16N4O3. The van der Waals surface area contributed by atoms with Crippen LogP contribution in [0.15, 0.2) is 12.4 Å². The average Bonchev–Trinajstić information content (AvgIpc) is 2.78. The van der Waals surface area contributed by atoms with Gasteiger partial charge in [-0.3, -0.25) is 0 Å². The number of hydrogen-bond donors (Lipinski definition) is 3. The number of rotatable bonds is 5. The Labute approximate surface area is 98.8 Å². The van der Waals surface area contributed by atoms with Gasteiger partial charge < -0.3 is 20.3 Å². The van der Waals surface area contributed by atoms with Gasteiger partial charge in [-0.05, 0) is 6.42 Å².